The van der Waals surface area contributed by atoms with E-state index in [1.54, 1.807) is 25.1 Å². The molecule has 3 atom stereocenters. The first-order valence-corrected chi connectivity index (χ1v) is 16.8. The van der Waals surface area contributed by atoms with Crippen LogP contribution >= 0.6 is 22.9 Å². The number of hydrogen-bond acceptors (Lipinski definition) is 6. The smallest absolute Gasteiger partial charge is 0.425 e. The number of likely N-dealkylation sites (tertiary alicyclic amines) is 1. The van der Waals surface area contributed by atoms with Crippen LogP contribution in [0.3, 0.4) is 0 Å². The summed E-state index contributed by atoms with van der Waals surface area (Å²) >= 11 is 6.57. The van der Waals surface area contributed by atoms with Crippen molar-refractivity contribution < 1.29 is 50.6 Å². The number of piperidine rings is 1. The van der Waals surface area contributed by atoms with Crippen LogP contribution in [-0.4, -0.2) is 62.4 Å². The van der Waals surface area contributed by atoms with Gasteiger partial charge in [-0.1, -0.05) is 31.0 Å². The van der Waals surface area contributed by atoms with Crippen molar-refractivity contribution in [2.24, 2.45) is 0 Å². The Balaban J connectivity index is 1.65. The number of carbonyl (C=O) groups excluding carboxylic acids is 2. The number of carboxylic acids is 1. The molecular formula is C33H32ClF6N3O5S. The zero-order valence-electron chi connectivity index (χ0n) is 26.1. The molecule has 8 nitrogen and oxygen atoms in total. The van der Waals surface area contributed by atoms with Crippen molar-refractivity contribution in [1.29, 1.82) is 0 Å². The minimum Gasteiger partial charge on any atom is -0.481 e. The van der Waals surface area contributed by atoms with Gasteiger partial charge in [-0.3, -0.25) is 19.4 Å². The molecule has 0 bridgehead atoms. The summed E-state index contributed by atoms with van der Waals surface area (Å²) in [6, 6.07) is 5.49. The van der Waals surface area contributed by atoms with E-state index in [1.807, 2.05) is 0 Å². The van der Waals surface area contributed by atoms with Gasteiger partial charge in [0.1, 0.15) is 16.3 Å². The Morgan fingerprint density at radius 2 is 1.82 bits per heavy atom. The molecule has 2 aliphatic heterocycles. The first-order valence-electron chi connectivity index (χ1n) is 15.6. The average Bonchev–Trinajstić information content (AvgIpc) is 3.52. The normalized spacial score (nSPS) is 21.3. The van der Waals surface area contributed by atoms with Crippen LogP contribution in [0.15, 0.2) is 48.0 Å². The Hall–Kier alpha value is -3.85. The van der Waals surface area contributed by atoms with E-state index in [9.17, 15) is 41.0 Å². The molecule has 4 heterocycles. The van der Waals surface area contributed by atoms with E-state index < -0.39 is 64.0 Å². The number of carboxylic acid groups (broad SMARTS) is 1. The molecule has 49 heavy (non-hydrogen) atoms. The zero-order chi connectivity index (χ0) is 35.7. The highest BCUT2D eigenvalue weighted by atomic mass is 35.5. The van der Waals surface area contributed by atoms with E-state index in [1.165, 1.54) is 4.90 Å². The van der Waals surface area contributed by atoms with E-state index >= 15 is 4.79 Å². The van der Waals surface area contributed by atoms with Crippen LogP contribution in [0.5, 0.6) is 5.75 Å². The standard InChI is InChI=1S/C33H32ClF6N3O5S/c1-2-5-25-31(48-21-17-26(49-18-21)33(38,39)40,12-4-14-43(25)29(46)28-23(32(35,36)37)6-3-13-41-28)30(47)42-15-11-19-16-20(34)7-8-22(19)24(42)9-10-27(44)45/h3,6-8,13,16-18,24-25H,2,4-5,9-12,14-15H2,1H3,(H,44,45). The number of thiophene rings is 1. The van der Waals surface area contributed by atoms with Gasteiger partial charge in [0.2, 0.25) is 5.60 Å². The molecule has 3 aromatic rings. The van der Waals surface area contributed by atoms with Gasteiger partial charge in [-0.2, -0.15) is 26.3 Å². The molecular weight excluding hydrogens is 700 g/mol. The van der Waals surface area contributed by atoms with Crippen molar-refractivity contribution in [3.05, 3.63) is 80.3 Å². The summed E-state index contributed by atoms with van der Waals surface area (Å²) in [5.41, 5.74) is -2.78. The number of alkyl halides is 6. The number of pyridine rings is 1. The summed E-state index contributed by atoms with van der Waals surface area (Å²) < 4.78 is 89.3. The summed E-state index contributed by atoms with van der Waals surface area (Å²) in [4.78, 5) is 46.1. The Kier molecular flexibility index (Phi) is 10.5. The number of fused-ring (bicyclic) bond motifs is 1. The summed E-state index contributed by atoms with van der Waals surface area (Å²) in [5.74, 6) is -3.22. The Morgan fingerprint density at radius 1 is 1.06 bits per heavy atom. The number of nitrogens with zero attached hydrogens (tertiary/aromatic N) is 3. The van der Waals surface area contributed by atoms with E-state index in [4.69, 9.17) is 16.3 Å². The van der Waals surface area contributed by atoms with Crippen molar-refractivity contribution in [1.82, 2.24) is 14.8 Å². The lowest BCUT2D eigenvalue weighted by atomic mass is 9.78. The highest BCUT2D eigenvalue weighted by Gasteiger charge is 2.57. The van der Waals surface area contributed by atoms with Crippen molar-refractivity contribution in [2.45, 2.75) is 81.9 Å². The minimum absolute atomic E-state index is 0.0214. The Morgan fingerprint density at radius 3 is 2.47 bits per heavy atom. The number of rotatable bonds is 9. The van der Waals surface area contributed by atoms with Gasteiger partial charge >= 0.3 is 18.3 Å². The molecule has 0 saturated carbocycles. The van der Waals surface area contributed by atoms with Crippen LogP contribution in [0, 0.1) is 0 Å². The van der Waals surface area contributed by atoms with Gasteiger partial charge in [-0.25, -0.2) is 0 Å². The molecule has 16 heteroatoms. The maximum Gasteiger partial charge on any atom is 0.425 e. The van der Waals surface area contributed by atoms with E-state index in [0.29, 0.717) is 34.8 Å². The number of carbonyl (C=O) groups is 3. The van der Waals surface area contributed by atoms with Gasteiger partial charge < -0.3 is 19.6 Å². The molecule has 5 rings (SSSR count). The Labute approximate surface area is 286 Å². The van der Waals surface area contributed by atoms with Gasteiger partial charge in [0, 0.05) is 48.6 Å². The van der Waals surface area contributed by atoms with E-state index in [-0.39, 0.29) is 50.9 Å². The molecule has 2 aliphatic rings. The summed E-state index contributed by atoms with van der Waals surface area (Å²) in [7, 11) is 0. The largest absolute Gasteiger partial charge is 0.481 e. The van der Waals surface area contributed by atoms with Gasteiger partial charge in [0.25, 0.3) is 11.8 Å². The third-order valence-electron chi connectivity index (χ3n) is 8.87. The van der Waals surface area contributed by atoms with Crippen LogP contribution in [0.4, 0.5) is 26.3 Å². The monoisotopic (exact) mass is 731 g/mol. The molecule has 2 amide bonds. The van der Waals surface area contributed by atoms with Crippen LogP contribution in [0.25, 0.3) is 0 Å². The topological polar surface area (TPSA) is 100 Å². The molecule has 1 fully saturated rings. The summed E-state index contributed by atoms with van der Waals surface area (Å²) in [6.07, 6.45) is -8.29. The zero-order valence-corrected chi connectivity index (χ0v) is 27.7. The number of amides is 2. The fraction of sp³-hybridized carbons (Fsp3) is 0.455. The fourth-order valence-electron chi connectivity index (χ4n) is 6.81. The highest BCUT2D eigenvalue weighted by molar-refractivity contribution is 7.10. The number of aliphatic carboxylic acids is 1. The maximum absolute atomic E-state index is 15.1. The third-order valence-corrected chi connectivity index (χ3v) is 10.1. The van der Waals surface area contributed by atoms with Gasteiger partial charge in [0.15, 0.2) is 0 Å². The lowest BCUT2D eigenvalue weighted by Gasteiger charge is -2.51. The SMILES string of the molecule is CCCC1N(C(=O)c2ncccc2C(F)(F)F)CCCC1(Oc1csc(C(F)(F)F)c1)C(=O)N1CCc2cc(Cl)ccc2C1CCC(=O)O. The van der Waals surface area contributed by atoms with Gasteiger partial charge in [0.05, 0.1) is 17.6 Å². The average molecular weight is 732 g/mol. The Bertz CT molecular complexity index is 1720. The first kappa shape index (κ1) is 36.4. The molecule has 0 aliphatic carbocycles. The second kappa shape index (κ2) is 14.2. The van der Waals surface area contributed by atoms with E-state index in [2.05, 4.69) is 4.98 Å². The number of benzene rings is 1. The molecule has 264 valence electrons. The minimum atomic E-state index is -4.93. The molecule has 1 saturated heterocycles. The van der Waals surface area contributed by atoms with Crippen LogP contribution in [0.1, 0.15) is 83.5 Å². The second-order valence-electron chi connectivity index (χ2n) is 12.0. The number of halogens is 7. The van der Waals surface area contributed by atoms with Gasteiger partial charge in [-0.15, -0.1) is 11.3 Å². The quantitative estimate of drug-likeness (QED) is 0.224. The second-order valence-corrected chi connectivity index (χ2v) is 13.3. The first-order chi connectivity index (χ1) is 23.1. The summed E-state index contributed by atoms with van der Waals surface area (Å²) in [5, 5.41) is 11.1. The number of hydrogen-bond donors (Lipinski definition) is 1. The molecule has 3 unspecified atom stereocenters. The molecule has 2 aromatic heterocycles. The fourth-order valence-corrected chi connectivity index (χ4v) is 7.69. The molecule has 0 radical (unpaired) electrons. The maximum atomic E-state index is 15.1. The van der Waals surface area contributed by atoms with Crippen molar-refractivity contribution in [3.63, 3.8) is 0 Å². The van der Waals surface area contributed by atoms with Crippen LogP contribution in [-0.2, 0) is 28.4 Å². The van der Waals surface area contributed by atoms with Crippen LogP contribution in [0.2, 0.25) is 5.02 Å². The predicted molar refractivity (Wildman–Crippen MR) is 167 cm³/mol. The van der Waals surface area contributed by atoms with Crippen molar-refractivity contribution in [2.75, 3.05) is 13.1 Å². The van der Waals surface area contributed by atoms with Gasteiger partial charge in [-0.05, 0) is 61.1 Å². The van der Waals surface area contributed by atoms with Crippen molar-refractivity contribution >= 4 is 40.7 Å². The van der Waals surface area contributed by atoms with Crippen molar-refractivity contribution in [3.8, 4) is 5.75 Å². The van der Waals surface area contributed by atoms with E-state index in [0.717, 1.165) is 40.2 Å². The molecule has 1 N–H and O–H groups in total. The lowest BCUT2D eigenvalue weighted by molar-refractivity contribution is -0.163. The number of aromatic nitrogens is 1. The lowest BCUT2D eigenvalue weighted by Crippen LogP contribution is -2.68. The summed E-state index contributed by atoms with van der Waals surface area (Å²) in [6.45, 7) is 1.72. The molecule has 1 aromatic carbocycles. The highest BCUT2D eigenvalue weighted by Crippen LogP contribution is 2.45. The molecule has 0 spiro atoms. The third kappa shape index (κ3) is 7.52. The predicted octanol–water partition coefficient (Wildman–Crippen LogP) is 8.05. The van der Waals surface area contributed by atoms with Crippen LogP contribution < -0.4 is 4.74 Å². The number of ether oxygens (including phenoxy) is 1.